The van der Waals surface area contributed by atoms with Crippen molar-refractivity contribution in [1.82, 2.24) is 0 Å². The Morgan fingerprint density at radius 2 is 1.20 bits per heavy atom. The van der Waals surface area contributed by atoms with E-state index in [-0.39, 0.29) is 11.0 Å². The lowest BCUT2D eigenvalue weighted by molar-refractivity contribution is 0.192. The minimum absolute atomic E-state index is 0. The van der Waals surface area contributed by atoms with Crippen LogP contribution in [0.4, 0.5) is 0 Å². The van der Waals surface area contributed by atoms with E-state index in [1.54, 1.807) is 0 Å². The molecule has 8 N–H and O–H groups in total. The second kappa shape index (κ2) is 5.61. The Bertz CT molecular complexity index is 66.1. The largest absolute Gasteiger partial charge is 0.412 e. The van der Waals surface area contributed by atoms with Gasteiger partial charge in [0.1, 0.15) is 0 Å². The number of rotatable bonds is 2. The summed E-state index contributed by atoms with van der Waals surface area (Å²) in [6.45, 7) is 1.67. The van der Waals surface area contributed by atoms with Gasteiger partial charge in [0.15, 0.2) is 0 Å². The maximum absolute atomic E-state index is 5.44. The quantitative estimate of drug-likeness (QED) is 0.487. The Kier molecular flexibility index (Phi) is 7.02. The first-order valence-electron chi connectivity index (χ1n) is 3.28. The van der Waals surface area contributed by atoms with Crippen molar-refractivity contribution in [2.45, 2.75) is 12.8 Å². The summed E-state index contributed by atoms with van der Waals surface area (Å²) in [7, 11) is 0. The molecule has 1 saturated carbocycles. The third-order valence-corrected chi connectivity index (χ3v) is 2.18. The molecule has 0 aromatic rings. The van der Waals surface area contributed by atoms with E-state index in [1.807, 2.05) is 0 Å². The van der Waals surface area contributed by atoms with E-state index in [0.717, 1.165) is 24.9 Å². The lowest BCUT2D eigenvalue weighted by atomic mass is 9.74. The average molecular weight is 150 g/mol. The highest BCUT2D eigenvalue weighted by atomic mass is 16.0. The normalized spacial score (nSPS) is 29.4. The Balaban J connectivity index is 0. The second-order valence-corrected chi connectivity index (χ2v) is 2.57. The van der Waals surface area contributed by atoms with Crippen LogP contribution >= 0.6 is 0 Å². The molecule has 10 heavy (non-hydrogen) atoms. The SMILES string of the molecule is NC[C@@H]1CC[C@H]1CN.O.O. The lowest BCUT2D eigenvalue weighted by Gasteiger charge is -2.34. The fourth-order valence-corrected chi connectivity index (χ4v) is 1.26. The first-order valence-corrected chi connectivity index (χ1v) is 3.28. The predicted octanol–water partition coefficient (Wildman–Crippen LogP) is -1.72. The van der Waals surface area contributed by atoms with Crippen LogP contribution in [0, 0.1) is 11.8 Å². The van der Waals surface area contributed by atoms with Crippen LogP contribution in [0.1, 0.15) is 12.8 Å². The van der Waals surface area contributed by atoms with Gasteiger partial charge in [-0.15, -0.1) is 0 Å². The van der Waals surface area contributed by atoms with E-state index in [9.17, 15) is 0 Å². The van der Waals surface area contributed by atoms with Crippen molar-refractivity contribution in [1.29, 1.82) is 0 Å². The third kappa shape index (κ3) is 2.22. The molecule has 1 aliphatic rings. The van der Waals surface area contributed by atoms with Crippen LogP contribution in [0.5, 0.6) is 0 Å². The molecule has 0 aliphatic heterocycles. The topological polar surface area (TPSA) is 115 Å². The van der Waals surface area contributed by atoms with Crippen LogP contribution in [-0.4, -0.2) is 24.0 Å². The average Bonchev–Trinajstić information content (AvgIpc) is 1.66. The number of hydrogen-bond acceptors (Lipinski definition) is 2. The Morgan fingerprint density at radius 3 is 1.30 bits per heavy atom. The Morgan fingerprint density at radius 1 is 0.900 bits per heavy atom. The molecule has 4 heteroatoms. The fraction of sp³-hybridized carbons (Fsp3) is 1.00. The lowest BCUT2D eigenvalue weighted by Crippen LogP contribution is -2.36. The van der Waals surface area contributed by atoms with Gasteiger partial charge >= 0.3 is 0 Å². The van der Waals surface area contributed by atoms with Crippen molar-refractivity contribution in [3.63, 3.8) is 0 Å². The Labute approximate surface area is 61.2 Å². The molecule has 1 aliphatic carbocycles. The molecule has 0 aromatic carbocycles. The summed E-state index contributed by atoms with van der Waals surface area (Å²) < 4.78 is 0. The van der Waals surface area contributed by atoms with E-state index in [1.165, 1.54) is 12.8 Å². The highest BCUT2D eigenvalue weighted by molar-refractivity contribution is 4.81. The smallest absolute Gasteiger partial charge is 0.00457 e. The second-order valence-electron chi connectivity index (χ2n) is 2.57. The minimum atomic E-state index is 0. The zero-order valence-electron chi connectivity index (χ0n) is 6.14. The van der Waals surface area contributed by atoms with Crippen molar-refractivity contribution in [2.24, 2.45) is 23.3 Å². The molecule has 0 bridgehead atoms. The molecule has 0 unspecified atom stereocenters. The number of nitrogens with two attached hydrogens (primary N) is 2. The molecule has 0 amide bonds. The van der Waals surface area contributed by atoms with E-state index >= 15 is 0 Å². The van der Waals surface area contributed by atoms with Gasteiger partial charge in [-0.25, -0.2) is 0 Å². The number of hydrogen-bond donors (Lipinski definition) is 2. The summed E-state index contributed by atoms with van der Waals surface area (Å²) in [4.78, 5) is 0. The summed E-state index contributed by atoms with van der Waals surface area (Å²) >= 11 is 0. The van der Waals surface area contributed by atoms with Gasteiger partial charge in [0, 0.05) is 0 Å². The van der Waals surface area contributed by atoms with Crippen LogP contribution < -0.4 is 11.5 Å². The van der Waals surface area contributed by atoms with E-state index < -0.39 is 0 Å². The van der Waals surface area contributed by atoms with Gasteiger partial charge in [0.05, 0.1) is 0 Å². The Hall–Kier alpha value is -0.160. The van der Waals surface area contributed by atoms with Crippen molar-refractivity contribution in [2.75, 3.05) is 13.1 Å². The van der Waals surface area contributed by atoms with Crippen LogP contribution in [0.15, 0.2) is 0 Å². The molecule has 1 rings (SSSR count). The van der Waals surface area contributed by atoms with Crippen molar-refractivity contribution < 1.29 is 11.0 Å². The highest BCUT2D eigenvalue weighted by Crippen LogP contribution is 2.31. The predicted molar refractivity (Wildman–Crippen MR) is 41.6 cm³/mol. The highest BCUT2D eigenvalue weighted by Gasteiger charge is 2.27. The van der Waals surface area contributed by atoms with Crippen LogP contribution in [0.3, 0.4) is 0 Å². The molecular formula is C6H18N2O2. The molecule has 0 spiro atoms. The summed E-state index contributed by atoms with van der Waals surface area (Å²) in [5.74, 6) is 1.50. The van der Waals surface area contributed by atoms with Gasteiger partial charge in [0.2, 0.25) is 0 Å². The third-order valence-electron chi connectivity index (χ3n) is 2.18. The van der Waals surface area contributed by atoms with Crippen LogP contribution in [0.2, 0.25) is 0 Å². The molecule has 2 atom stereocenters. The maximum atomic E-state index is 5.44. The first kappa shape index (κ1) is 12.5. The standard InChI is InChI=1S/C6H14N2.2H2O/c7-3-5-1-2-6(5)4-8;;/h5-6H,1-4,7-8H2;2*1H2/t5-,6-;;/m0../s1. The summed E-state index contributed by atoms with van der Waals surface area (Å²) in [6, 6.07) is 0. The zero-order valence-corrected chi connectivity index (χ0v) is 6.14. The molecular weight excluding hydrogens is 132 g/mol. The van der Waals surface area contributed by atoms with Crippen molar-refractivity contribution >= 4 is 0 Å². The molecule has 0 saturated heterocycles. The minimum Gasteiger partial charge on any atom is -0.412 e. The maximum Gasteiger partial charge on any atom is -0.00457 e. The van der Waals surface area contributed by atoms with Gasteiger partial charge in [-0.1, -0.05) is 0 Å². The molecule has 64 valence electrons. The van der Waals surface area contributed by atoms with Crippen LogP contribution in [-0.2, 0) is 0 Å². The van der Waals surface area contributed by atoms with E-state index in [2.05, 4.69) is 0 Å². The molecule has 1 fully saturated rings. The van der Waals surface area contributed by atoms with E-state index in [4.69, 9.17) is 11.5 Å². The first-order chi connectivity index (χ1) is 3.88. The summed E-state index contributed by atoms with van der Waals surface area (Å²) in [5, 5.41) is 0. The van der Waals surface area contributed by atoms with Crippen LogP contribution in [0.25, 0.3) is 0 Å². The van der Waals surface area contributed by atoms with Crippen molar-refractivity contribution in [3.8, 4) is 0 Å². The van der Waals surface area contributed by atoms with Gasteiger partial charge in [-0.2, -0.15) is 0 Å². The molecule has 0 radical (unpaired) electrons. The van der Waals surface area contributed by atoms with Gasteiger partial charge < -0.3 is 22.4 Å². The van der Waals surface area contributed by atoms with Gasteiger partial charge in [0.25, 0.3) is 0 Å². The molecule has 4 nitrogen and oxygen atoms in total. The van der Waals surface area contributed by atoms with Gasteiger partial charge in [-0.3, -0.25) is 0 Å². The molecule has 0 heterocycles. The summed E-state index contributed by atoms with van der Waals surface area (Å²) in [6.07, 6.45) is 2.61. The molecule has 0 aromatic heterocycles. The van der Waals surface area contributed by atoms with Crippen molar-refractivity contribution in [3.05, 3.63) is 0 Å². The summed E-state index contributed by atoms with van der Waals surface area (Å²) in [5.41, 5.74) is 10.9. The zero-order chi connectivity index (χ0) is 5.98. The fourth-order valence-electron chi connectivity index (χ4n) is 1.26. The van der Waals surface area contributed by atoms with Gasteiger partial charge in [-0.05, 0) is 37.8 Å². The monoisotopic (exact) mass is 150 g/mol. The van der Waals surface area contributed by atoms with E-state index in [0.29, 0.717) is 0 Å².